The monoisotopic (exact) mass is 270 g/mol. The highest BCUT2D eigenvalue weighted by atomic mass is 16.2. The number of aromatic nitrogens is 2. The topological polar surface area (TPSA) is 92.1 Å². The van der Waals surface area contributed by atoms with Crippen LogP contribution in [0.25, 0.3) is 11.3 Å². The molecule has 1 aromatic heterocycles. The molecule has 6 heteroatoms. The zero-order chi connectivity index (χ0) is 14.3. The summed E-state index contributed by atoms with van der Waals surface area (Å²) in [6.45, 7) is 0. The standard InChI is InChI=1S/C14H14N4O2/c1-18-11-4-2-8(6-9(11)3-5-13(18)20)10-7-12(19)17-14(15)16-10/h2,4,6-7H,3,5H2,1H3,(H3,15,16,17,19). The second kappa shape index (κ2) is 4.48. The van der Waals surface area contributed by atoms with Crippen LogP contribution in [0.2, 0.25) is 0 Å². The molecule has 3 N–H and O–H groups in total. The van der Waals surface area contributed by atoms with Gasteiger partial charge in [0.1, 0.15) is 0 Å². The van der Waals surface area contributed by atoms with Crippen molar-refractivity contribution < 1.29 is 4.79 Å². The van der Waals surface area contributed by atoms with E-state index in [-0.39, 0.29) is 17.4 Å². The van der Waals surface area contributed by atoms with Crippen LogP contribution in [0.3, 0.4) is 0 Å². The van der Waals surface area contributed by atoms with Crippen molar-refractivity contribution >= 4 is 17.5 Å². The first-order valence-corrected chi connectivity index (χ1v) is 6.31. The van der Waals surface area contributed by atoms with E-state index in [0.717, 1.165) is 16.8 Å². The van der Waals surface area contributed by atoms with Crippen LogP contribution >= 0.6 is 0 Å². The summed E-state index contributed by atoms with van der Waals surface area (Å²) in [5.41, 5.74) is 8.61. The number of hydrogen-bond donors (Lipinski definition) is 2. The molecule has 0 spiro atoms. The predicted octanol–water partition coefficient (Wildman–Crippen LogP) is 0.928. The second-order valence-electron chi connectivity index (χ2n) is 4.81. The SMILES string of the molecule is CN1C(=O)CCc2cc(-c3cc(=O)[nH]c(N)n3)ccc21. The molecule has 0 aliphatic carbocycles. The Bertz CT molecular complexity index is 751. The van der Waals surface area contributed by atoms with Gasteiger partial charge >= 0.3 is 0 Å². The number of aryl methyl sites for hydroxylation is 1. The minimum Gasteiger partial charge on any atom is -0.369 e. The fraction of sp³-hybridized carbons (Fsp3) is 0.214. The van der Waals surface area contributed by atoms with Gasteiger partial charge in [-0.3, -0.25) is 14.6 Å². The third-order valence-electron chi connectivity index (χ3n) is 3.48. The molecular weight excluding hydrogens is 256 g/mol. The molecule has 0 radical (unpaired) electrons. The Hall–Kier alpha value is -2.63. The van der Waals surface area contributed by atoms with E-state index in [9.17, 15) is 9.59 Å². The zero-order valence-electron chi connectivity index (χ0n) is 11.0. The number of benzene rings is 1. The van der Waals surface area contributed by atoms with Crippen molar-refractivity contribution in [2.45, 2.75) is 12.8 Å². The van der Waals surface area contributed by atoms with E-state index in [4.69, 9.17) is 5.73 Å². The number of amides is 1. The summed E-state index contributed by atoms with van der Waals surface area (Å²) in [5.74, 6) is 0.210. The minimum atomic E-state index is -0.280. The Morgan fingerprint density at radius 1 is 1.25 bits per heavy atom. The number of hydrogen-bond acceptors (Lipinski definition) is 4. The summed E-state index contributed by atoms with van der Waals surface area (Å²) in [7, 11) is 1.77. The molecule has 2 aromatic rings. The molecule has 1 aliphatic heterocycles. The van der Waals surface area contributed by atoms with Crippen LogP contribution in [0.15, 0.2) is 29.1 Å². The lowest BCUT2D eigenvalue weighted by Crippen LogP contribution is -2.31. The number of carbonyl (C=O) groups is 1. The number of nitrogens with one attached hydrogen (secondary N) is 1. The molecule has 1 aliphatic rings. The highest BCUT2D eigenvalue weighted by Crippen LogP contribution is 2.30. The molecule has 0 bridgehead atoms. The molecule has 0 fully saturated rings. The summed E-state index contributed by atoms with van der Waals surface area (Å²) >= 11 is 0. The molecule has 20 heavy (non-hydrogen) atoms. The fourth-order valence-electron chi connectivity index (χ4n) is 2.44. The van der Waals surface area contributed by atoms with E-state index in [1.807, 2.05) is 18.2 Å². The molecule has 1 aromatic carbocycles. The summed E-state index contributed by atoms with van der Waals surface area (Å²) in [4.78, 5) is 31.3. The highest BCUT2D eigenvalue weighted by molar-refractivity contribution is 5.96. The van der Waals surface area contributed by atoms with Crippen molar-refractivity contribution in [2.75, 3.05) is 17.7 Å². The molecule has 6 nitrogen and oxygen atoms in total. The molecule has 0 atom stereocenters. The van der Waals surface area contributed by atoms with Crippen LogP contribution in [0.5, 0.6) is 0 Å². The van der Waals surface area contributed by atoms with Gasteiger partial charge in [-0.1, -0.05) is 6.07 Å². The summed E-state index contributed by atoms with van der Waals surface area (Å²) in [6.07, 6.45) is 1.20. The fourth-order valence-corrected chi connectivity index (χ4v) is 2.44. The van der Waals surface area contributed by atoms with Crippen LogP contribution in [0.4, 0.5) is 11.6 Å². The van der Waals surface area contributed by atoms with Gasteiger partial charge in [-0.25, -0.2) is 4.98 Å². The molecule has 1 amide bonds. The van der Waals surface area contributed by atoms with Crippen molar-refractivity contribution in [2.24, 2.45) is 0 Å². The predicted molar refractivity (Wildman–Crippen MR) is 76.4 cm³/mol. The van der Waals surface area contributed by atoms with Crippen molar-refractivity contribution in [3.8, 4) is 11.3 Å². The van der Waals surface area contributed by atoms with Crippen molar-refractivity contribution in [1.29, 1.82) is 0 Å². The average molecular weight is 270 g/mol. The van der Waals surface area contributed by atoms with E-state index >= 15 is 0 Å². The Balaban J connectivity index is 2.09. The number of H-pyrrole nitrogens is 1. The van der Waals surface area contributed by atoms with E-state index in [0.29, 0.717) is 18.5 Å². The quantitative estimate of drug-likeness (QED) is 0.806. The minimum absolute atomic E-state index is 0.0949. The number of aromatic amines is 1. The zero-order valence-corrected chi connectivity index (χ0v) is 11.0. The summed E-state index contributed by atoms with van der Waals surface area (Å²) in [6, 6.07) is 7.09. The van der Waals surface area contributed by atoms with Crippen LogP contribution in [-0.4, -0.2) is 22.9 Å². The molecule has 0 unspecified atom stereocenters. The second-order valence-corrected chi connectivity index (χ2v) is 4.81. The number of nitrogens with two attached hydrogens (primary N) is 1. The lowest BCUT2D eigenvalue weighted by Gasteiger charge is -2.26. The lowest BCUT2D eigenvalue weighted by atomic mass is 9.98. The summed E-state index contributed by atoms with van der Waals surface area (Å²) < 4.78 is 0. The molecule has 2 heterocycles. The number of nitrogens with zero attached hydrogens (tertiary/aromatic N) is 2. The van der Waals surface area contributed by atoms with Gasteiger partial charge in [0.2, 0.25) is 11.9 Å². The third kappa shape index (κ3) is 2.05. The molecule has 102 valence electrons. The summed E-state index contributed by atoms with van der Waals surface area (Å²) in [5, 5.41) is 0. The van der Waals surface area contributed by atoms with Gasteiger partial charge in [-0.05, 0) is 24.1 Å². The normalized spacial score (nSPS) is 14.2. The van der Waals surface area contributed by atoms with Crippen LogP contribution in [0.1, 0.15) is 12.0 Å². The Morgan fingerprint density at radius 2 is 2.05 bits per heavy atom. The van der Waals surface area contributed by atoms with Gasteiger partial charge < -0.3 is 10.6 Å². The molecular formula is C14H14N4O2. The largest absolute Gasteiger partial charge is 0.369 e. The number of carbonyl (C=O) groups excluding carboxylic acids is 1. The van der Waals surface area contributed by atoms with Gasteiger partial charge in [0.15, 0.2) is 0 Å². The first-order valence-electron chi connectivity index (χ1n) is 6.31. The maximum atomic E-state index is 11.7. The van der Waals surface area contributed by atoms with Gasteiger partial charge in [-0.2, -0.15) is 0 Å². The highest BCUT2D eigenvalue weighted by Gasteiger charge is 2.21. The number of anilines is 2. The smallest absolute Gasteiger partial charge is 0.252 e. The number of rotatable bonds is 1. The van der Waals surface area contributed by atoms with Gasteiger partial charge in [-0.15, -0.1) is 0 Å². The maximum absolute atomic E-state index is 11.7. The van der Waals surface area contributed by atoms with Crippen LogP contribution in [0, 0.1) is 0 Å². The van der Waals surface area contributed by atoms with Crippen LogP contribution < -0.4 is 16.2 Å². The Labute approximate surface area is 115 Å². The van der Waals surface area contributed by atoms with E-state index in [1.54, 1.807) is 11.9 Å². The lowest BCUT2D eigenvalue weighted by molar-refractivity contribution is -0.118. The Morgan fingerprint density at radius 3 is 2.80 bits per heavy atom. The Kier molecular flexibility index (Phi) is 2.78. The van der Waals surface area contributed by atoms with E-state index in [1.165, 1.54) is 6.07 Å². The van der Waals surface area contributed by atoms with Crippen LogP contribution in [-0.2, 0) is 11.2 Å². The molecule has 0 saturated heterocycles. The molecule has 0 saturated carbocycles. The van der Waals surface area contributed by atoms with Gasteiger partial charge in [0.05, 0.1) is 5.69 Å². The van der Waals surface area contributed by atoms with Crippen molar-refractivity contribution in [3.63, 3.8) is 0 Å². The van der Waals surface area contributed by atoms with Gasteiger partial charge in [0, 0.05) is 30.8 Å². The number of fused-ring (bicyclic) bond motifs is 1. The third-order valence-corrected chi connectivity index (χ3v) is 3.48. The maximum Gasteiger partial charge on any atom is 0.252 e. The first-order chi connectivity index (χ1) is 9.54. The molecule has 3 rings (SSSR count). The average Bonchev–Trinajstić information content (AvgIpc) is 2.41. The van der Waals surface area contributed by atoms with Crippen molar-refractivity contribution in [1.82, 2.24) is 9.97 Å². The number of nitrogen functional groups attached to an aromatic ring is 1. The van der Waals surface area contributed by atoms with E-state index in [2.05, 4.69) is 9.97 Å². The first kappa shape index (κ1) is 12.4. The van der Waals surface area contributed by atoms with Gasteiger partial charge in [0.25, 0.3) is 5.56 Å². The van der Waals surface area contributed by atoms with Crippen molar-refractivity contribution in [3.05, 3.63) is 40.2 Å². The van der Waals surface area contributed by atoms with E-state index < -0.39 is 0 Å².